The Hall–Kier alpha value is -2.09. The van der Waals surface area contributed by atoms with Crippen LogP contribution in [0.15, 0.2) is 49.1 Å². The van der Waals surface area contributed by atoms with E-state index in [4.69, 9.17) is 5.73 Å². The Morgan fingerprint density at radius 1 is 1.25 bits per heavy atom. The zero-order valence-corrected chi connectivity index (χ0v) is 8.94. The summed E-state index contributed by atoms with van der Waals surface area (Å²) < 4.78 is 0. The van der Waals surface area contributed by atoms with Crippen LogP contribution in [0.4, 0.5) is 0 Å². The van der Waals surface area contributed by atoms with Crippen LogP contribution in [0.25, 0.3) is 10.8 Å². The molecule has 0 fully saturated rings. The molecule has 0 unspecified atom stereocenters. The summed E-state index contributed by atoms with van der Waals surface area (Å²) in [5, 5.41) is 2.18. The summed E-state index contributed by atoms with van der Waals surface area (Å²) in [4.78, 5) is 11.3. The van der Waals surface area contributed by atoms with E-state index in [9.17, 15) is 4.79 Å². The number of hydrogen-bond donors (Lipinski definition) is 1. The molecule has 2 N–H and O–H groups in total. The van der Waals surface area contributed by atoms with Gasteiger partial charge in [0.1, 0.15) is 0 Å². The van der Waals surface area contributed by atoms with Gasteiger partial charge >= 0.3 is 0 Å². The van der Waals surface area contributed by atoms with E-state index in [0.717, 1.165) is 16.3 Å². The minimum absolute atomic E-state index is 0.386. The fourth-order valence-corrected chi connectivity index (χ4v) is 1.93. The molecular formula is C14H13NO. The van der Waals surface area contributed by atoms with E-state index in [1.807, 2.05) is 30.3 Å². The first-order valence-corrected chi connectivity index (χ1v) is 5.15. The van der Waals surface area contributed by atoms with Crippen LogP contribution in [-0.2, 0) is 6.42 Å². The van der Waals surface area contributed by atoms with Crippen molar-refractivity contribution in [2.45, 2.75) is 6.42 Å². The van der Waals surface area contributed by atoms with Crippen LogP contribution in [-0.4, -0.2) is 5.91 Å². The Morgan fingerprint density at radius 3 is 2.69 bits per heavy atom. The number of carbonyl (C=O) groups is 1. The van der Waals surface area contributed by atoms with Crippen LogP contribution in [0, 0.1) is 0 Å². The number of amides is 1. The third-order valence-corrected chi connectivity index (χ3v) is 2.65. The molecule has 80 valence electrons. The molecule has 0 aliphatic rings. The zero-order chi connectivity index (χ0) is 11.5. The summed E-state index contributed by atoms with van der Waals surface area (Å²) in [6.45, 7) is 3.71. The minimum atomic E-state index is -0.386. The minimum Gasteiger partial charge on any atom is -0.366 e. The number of rotatable bonds is 3. The van der Waals surface area contributed by atoms with Crippen molar-refractivity contribution in [3.05, 3.63) is 60.2 Å². The largest absolute Gasteiger partial charge is 0.366 e. The Bertz CT molecular complexity index is 558. The van der Waals surface area contributed by atoms with E-state index in [1.165, 1.54) is 0 Å². The van der Waals surface area contributed by atoms with Gasteiger partial charge in [0.15, 0.2) is 0 Å². The molecule has 0 bridgehead atoms. The van der Waals surface area contributed by atoms with Gasteiger partial charge in [-0.3, -0.25) is 4.79 Å². The molecular weight excluding hydrogens is 198 g/mol. The molecule has 2 nitrogen and oxygen atoms in total. The highest BCUT2D eigenvalue weighted by Gasteiger charge is 2.09. The average molecular weight is 211 g/mol. The highest BCUT2D eigenvalue weighted by molar-refractivity contribution is 6.00. The fourth-order valence-electron chi connectivity index (χ4n) is 1.93. The monoisotopic (exact) mass is 211 g/mol. The molecule has 2 rings (SSSR count). The molecule has 0 saturated heterocycles. The van der Waals surface area contributed by atoms with Gasteiger partial charge < -0.3 is 5.73 Å². The van der Waals surface area contributed by atoms with Gasteiger partial charge in [-0.05, 0) is 28.8 Å². The summed E-state index contributed by atoms with van der Waals surface area (Å²) in [5.74, 6) is -0.386. The third kappa shape index (κ3) is 1.70. The summed E-state index contributed by atoms with van der Waals surface area (Å²) in [7, 11) is 0. The molecule has 0 radical (unpaired) electrons. The van der Waals surface area contributed by atoms with Gasteiger partial charge in [0, 0.05) is 5.56 Å². The molecule has 1 amide bonds. The Labute approximate surface area is 94.4 Å². The van der Waals surface area contributed by atoms with Gasteiger partial charge in [0.2, 0.25) is 5.91 Å². The normalized spacial score (nSPS) is 10.2. The quantitative estimate of drug-likeness (QED) is 0.779. The van der Waals surface area contributed by atoms with Crippen molar-refractivity contribution < 1.29 is 4.79 Å². The molecule has 2 heteroatoms. The summed E-state index contributed by atoms with van der Waals surface area (Å²) in [5.41, 5.74) is 6.90. The predicted octanol–water partition coefficient (Wildman–Crippen LogP) is 2.67. The first kappa shape index (κ1) is 10.4. The number of carbonyl (C=O) groups excluding carboxylic acids is 1. The summed E-state index contributed by atoms with van der Waals surface area (Å²) in [6, 6.07) is 11.7. The topological polar surface area (TPSA) is 43.1 Å². The lowest BCUT2D eigenvalue weighted by atomic mass is 9.96. The number of fused-ring (bicyclic) bond motifs is 1. The van der Waals surface area contributed by atoms with Gasteiger partial charge in [0.05, 0.1) is 0 Å². The smallest absolute Gasteiger partial charge is 0.249 e. The molecule has 0 aliphatic heterocycles. The number of benzene rings is 2. The van der Waals surface area contributed by atoms with Crippen molar-refractivity contribution in [1.82, 2.24) is 0 Å². The number of nitrogens with two attached hydrogens (primary N) is 1. The maximum Gasteiger partial charge on any atom is 0.249 e. The maximum absolute atomic E-state index is 11.3. The van der Waals surface area contributed by atoms with Gasteiger partial charge in [-0.25, -0.2) is 0 Å². The third-order valence-electron chi connectivity index (χ3n) is 2.65. The molecule has 0 aliphatic carbocycles. The highest BCUT2D eigenvalue weighted by Crippen LogP contribution is 2.23. The molecule has 2 aromatic carbocycles. The van der Waals surface area contributed by atoms with Gasteiger partial charge in [-0.2, -0.15) is 0 Å². The molecule has 0 saturated carbocycles. The van der Waals surface area contributed by atoms with Gasteiger partial charge in [0.25, 0.3) is 0 Å². The molecule has 2 aromatic rings. The molecule has 0 aromatic heterocycles. The number of primary amides is 1. The Morgan fingerprint density at radius 2 is 2.00 bits per heavy atom. The van der Waals surface area contributed by atoms with Crippen LogP contribution in [0.1, 0.15) is 15.9 Å². The molecule has 0 spiro atoms. The van der Waals surface area contributed by atoms with Crippen molar-refractivity contribution in [1.29, 1.82) is 0 Å². The van der Waals surface area contributed by atoms with Crippen molar-refractivity contribution >= 4 is 16.7 Å². The molecule has 16 heavy (non-hydrogen) atoms. The van der Waals surface area contributed by atoms with Crippen LogP contribution >= 0.6 is 0 Å². The van der Waals surface area contributed by atoms with E-state index in [2.05, 4.69) is 6.58 Å². The van der Waals surface area contributed by atoms with E-state index < -0.39 is 0 Å². The lowest BCUT2D eigenvalue weighted by molar-refractivity contribution is 0.0999. The first-order chi connectivity index (χ1) is 7.74. The van der Waals surface area contributed by atoms with Crippen LogP contribution in [0.2, 0.25) is 0 Å². The van der Waals surface area contributed by atoms with Gasteiger partial charge in [-0.1, -0.05) is 36.4 Å². The van der Waals surface area contributed by atoms with Crippen molar-refractivity contribution in [2.24, 2.45) is 5.73 Å². The number of allylic oxidation sites excluding steroid dienone is 1. The van der Waals surface area contributed by atoms with E-state index in [-0.39, 0.29) is 5.91 Å². The van der Waals surface area contributed by atoms with Gasteiger partial charge in [-0.15, -0.1) is 6.58 Å². The van der Waals surface area contributed by atoms with Crippen LogP contribution < -0.4 is 5.73 Å². The standard InChI is InChI=1S/C14H13NO/c1-2-5-12-11-7-4-3-6-10(11)8-9-13(12)14(15)16/h2-4,6-9H,1,5H2,(H2,15,16). The van der Waals surface area contributed by atoms with Crippen molar-refractivity contribution in [3.8, 4) is 0 Å². The Balaban J connectivity index is 2.78. The second-order valence-corrected chi connectivity index (χ2v) is 3.67. The van der Waals surface area contributed by atoms with Crippen molar-refractivity contribution in [2.75, 3.05) is 0 Å². The predicted molar refractivity (Wildman–Crippen MR) is 66.4 cm³/mol. The zero-order valence-electron chi connectivity index (χ0n) is 8.94. The SMILES string of the molecule is C=CCc1c(C(N)=O)ccc2ccccc12. The second-order valence-electron chi connectivity index (χ2n) is 3.67. The first-order valence-electron chi connectivity index (χ1n) is 5.15. The average Bonchev–Trinajstić information content (AvgIpc) is 2.29. The van der Waals surface area contributed by atoms with E-state index in [1.54, 1.807) is 12.1 Å². The molecule has 0 heterocycles. The highest BCUT2D eigenvalue weighted by atomic mass is 16.1. The molecule has 0 atom stereocenters. The van der Waals surface area contributed by atoms with E-state index >= 15 is 0 Å². The van der Waals surface area contributed by atoms with Crippen LogP contribution in [0.5, 0.6) is 0 Å². The van der Waals surface area contributed by atoms with E-state index in [0.29, 0.717) is 12.0 Å². The maximum atomic E-state index is 11.3. The summed E-state index contributed by atoms with van der Waals surface area (Å²) >= 11 is 0. The number of hydrogen-bond acceptors (Lipinski definition) is 1. The van der Waals surface area contributed by atoms with Crippen LogP contribution in [0.3, 0.4) is 0 Å². The second kappa shape index (κ2) is 4.19. The summed E-state index contributed by atoms with van der Waals surface area (Å²) in [6.07, 6.45) is 2.44. The van der Waals surface area contributed by atoms with Crippen molar-refractivity contribution in [3.63, 3.8) is 0 Å². The lowest BCUT2D eigenvalue weighted by Crippen LogP contribution is -2.13. The Kier molecular flexibility index (Phi) is 2.73. The lowest BCUT2D eigenvalue weighted by Gasteiger charge is -2.08. The fraction of sp³-hybridized carbons (Fsp3) is 0.0714.